The lowest BCUT2D eigenvalue weighted by Crippen LogP contribution is -2.14. The van der Waals surface area contributed by atoms with Gasteiger partial charge in [-0.25, -0.2) is 4.98 Å². The summed E-state index contributed by atoms with van der Waals surface area (Å²) in [7, 11) is 0. The second kappa shape index (κ2) is 5.97. The van der Waals surface area contributed by atoms with Gasteiger partial charge in [0.1, 0.15) is 4.60 Å². The highest BCUT2D eigenvalue weighted by Crippen LogP contribution is 2.13. The molecule has 3 nitrogen and oxygen atoms in total. The molecule has 1 N–H and O–H groups in total. The number of benzene rings is 1. The van der Waals surface area contributed by atoms with Gasteiger partial charge in [-0.1, -0.05) is 18.2 Å². The van der Waals surface area contributed by atoms with Gasteiger partial charge in [0.15, 0.2) is 0 Å². The van der Waals surface area contributed by atoms with Crippen LogP contribution in [0.25, 0.3) is 0 Å². The standard InChI is InChI=1S/C15H15BrN2O/c1-10-3-4-12(7-11(10)2)8-15(19)18-13-5-6-14(16)17-9-13/h3-7,9H,8H2,1-2H3,(H,18,19). The Bertz CT molecular complexity index is 594. The molecular formula is C15H15BrN2O. The predicted molar refractivity (Wildman–Crippen MR) is 80.2 cm³/mol. The number of pyridine rings is 1. The first-order chi connectivity index (χ1) is 9.04. The van der Waals surface area contributed by atoms with Gasteiger partial charge >= 0.3 is 0 Å². The molecule has 2 aromatic rings. The summed E-state index contributed by atoms with van der Waals surface area (Å²) in [4.78, 5) is 16.0. The van der Waals surface area contributed by atoms with Crippen LogP contribution in [-0.4, -0.2) is 10.9 Å². The number of hydrogen-bond acceptors (Lipinski definition) is 2. The van der Waals surface area contributed by atoms with Crippen molar-refractivity contribution in [2.45, 2.75) is 20.3 Å². The van der Waals surface area contributed by atoms with Crippen LogP contribution in [0.2, 0.25) is 0 Å². The van der Waals surface area contributed by atoms with E-state index in [0.29, 0.717) is 12.1 Å². The minimum absolute atomic E-state index is 0.0348. The van der Waals surface area contributed by atoms with Crippen molar-refractivity contribution in [3.05, 3.63) is 57.8 Å². The molecule has 0 unspecified atom stereocenters. The second-order valence-electron chi connectivity index (χ2n) is 4.51. The SMILES string of the molecule is Cc1ccc(CC(=O)Nc2ccc(Br)nc2)cc1C. The van der Waals surface area contributed by atoms with E-state index in [1.165, 1.54) is 11.1 Å². The first-order valence-corrected chi connectivity index (χ1v) is 6.81. The topological polar surface area (TPSA) is 42.0 Å². The van der Waals surface area contributed by atoms with Gasteiger partial charge in [0.05, 0.1) is 18.3 Å². The Morgan fingerprint density at radius 1 is 1.21 bits per heavy atom. The third-order valence-electron chi connectivity index (χ3n) is 2.95. The second-order valence-corrected chi connectivity index (χ2v) is 5.33. The van der Waals surface area contributed by atoms with Gasteiger partial charge in [-0.15, -0.1) is 0 Å². The first-order valence-electron chi connectivity index (χ1n) is 6.02. The number of hydrogen-bond donors (Lipinski definition) is 1. The van der Waals surface area contributed by atoms with Gasteiger partial charge in [0.25, 0.3) is 0 Å². The average Bonchev–Trinajstić information content (AvgIpc) is 2.37. The molecule has 0 spiro atoms. The van der Waals surface area contributed by atoms with Crippen LogP contribution >= 0.6 is 15.9 Å². The Labute approximate surface area is 121 Å². The van der Waals surface area contributed by atoms with E-state index >= 15 is 0 Å². The summed E-state index contributed by atoms with van der Waals surface area (Å²) in [6.07, 6.45) is 2.00. The molecule has 0 saturated carbocycles. The molecule has 0 bridgehead atoms. The van der Waals surface area contributed by atoms with Crippen LogP contribution in [0.1, 0.15) is 16.7 Å². The maximum Gasteiger partial charge on any atom is 0.228 e. The average molecular weight is 319 g/mol. The fourth-order valence-corrected chi connectivity index (χ4v) is 1.99. The lowest BCUT2D eigenvalue weighted by atomic mass is 10.0. The van der Waals surface area contributed by atoms with Gasteiger partial charge in [-0.3, -0.25) is 4.79 Å². The molecular weight excluding hydrogens is 304 g/mol. The summed E-state index contributed by atoms with van der Waals surface area (Å²) in [5, 5.41) is 2.83. The van der Waals surface area contributed by atoms with Crippen LogP contribution in [0, 0.1) is 13.8 Å². The number of aryl methyl sites for hydroxylation is 2. The quantitative estimate of drug-likeness (QED) is 0.878. The normalized spacial score (nSPS) is 10.3. The molecule has 0 saturated heterocycles. The smallest absolute Gasteiger partial charge is 0.228 e. The summed E-state index contributed by atoms with van der Waals surface area (Å²) in [6.45, 7) is 4.11. The van der Waals surface area contributed by atoms with E-state index in [4.69, 9.17) is 0 Å². The third-order valence-corrected chi connectivity index (χ3v) is 3.42. The molecule has 0 aliphatic heterocycles. The van der Waals surface area contributed by atoms with Gasteiger partial charge < -0.3 is 5.32 Å². The van der Waals surface area contributed by atoms with Gasteiger partial charge in [0, 0.05) is 0 Å². The molecule has 0 aliphatic carbocycles. The summed E-state index contributed by atoms with van der Waals surface area (Å²) in [5.74, 6) is -0.0348. The third kappa shape index (κ3) is 3.89. The molecule has 4 heteroatoms. The van der Waals surface area contributed by atoms with Crippen molar-refractivity contribution in [3.63, 3.8) is 0 Å². The molecule has 98 valence electrons. The number of rotatable bonds is 3. The fraction of sp³-hybridized carbons (Fsp3) is 0.200. The van der Waals surface area contributed by atoms with E-state index in [1.54, 1.807) is 12.3 Å². The lowest BCUT2D eigenvalue weighted by molar-refractivity contribution is -0.115. The molecule has 1 amide bonds. The molecule has 0 fully saturated rings. The van der Waals surface area contributed by atoms with E-state index in [2.05, 4.69) is 46.1 Å². The van der Waals surface area contributed by atoms with Gasteiger partial charge in [-0.05, 0) is 58.6 Å². The minimum atomic E-state index is -0.0348. The van der Waals surface area contributed by atoms with Crippen LogP contribution in [0.4, 0.5) is 5.69 Å². The van der Waals surface area contributed by atoms with Crippen LogP contribution in [0.15, 0.2) is 41.1 Å². The lowest BCUT2D eigenvalue weighted by Gasteiger charge is -2.07. The van der Waals surface area contributed by atoms with E-state index in [0.717, 1.165) is 10.2 Å². The maximum absolute atomic E-state index is 11.9. The number of anilines is 1. The highest BCUT2D eigenvalue weighted by molar-refractivity contribution is 9.10. The zero-order chi connectivity index (χ0) is 13.8. The minimum Gasteiger partial charge on any atom is -0.324 e. The molecule has 1 aromatic heterocycles. The van der Waals surface area contributed by atoms with Crippen molar-refractivity contribution in [2.24, 2.45) is 0 Å². The maximum atomic E-state index is 11.9. The van der Waals surface area contributed by atoms with Crippen molar-refractivity contribution in [1.29, 1.82) is 0 Å². The highest BCUT2D eigenvalue weighted by atomic mass is 79.9. The number of nitrogens with one attached hydrogen (secondary N) is 1. The molecule has 1 heterocycles. The van der Waals surface area contributed by atoms with Crippen LogP contribution in [-0.2, 0) is 11.2 Å². The highest BCUT2D eigenvalue weighted by Gasteiger charge is 2.05. The number of aromatic nitrogens is 1. The fourth-order valence-electron chi connectivity index (χ4n) is 1.75. The zero-order valence-electron chi connectivity index (χ0n) is 10.9. The molecule has 0 atom stereocenters. The predicted octanol–water partition coefficient (Wildman–Crippen LogP) is 3.64. The number of amides is 1. The number of nitrogens with zero attached hydrogens (tertiary/aromatic N) is 1. The van der Waals surface area contributed by atoms with Crippen molar-refractivity contribution in [3.8, 4) is 0 Å². The van der Waals surface area contributed by atoms with Crippen LogP contribution < -0.4 is 5.32 Å². The summed E-state index contributed by atoms with van der Waals surface area (Å²) < 4.78 is 0.750. The Hall–Kier alpha value is -1.68. The van der Waals surface area contributed by atoms with Gasteiger partial charge in [-0.2, -0.15) is 0 Å². The van der Waals surface area contributed by atoms with Crippen molar-refractivity contribution < 1.29 is 4.79 Å². The van der Waals surface area contributed by atoms with Crippen molar-refractivity contribution in [1.82, 2.24) is 4.98 Å². The molecule has 0 radical (unpaired) electrons. The van der Waals surface area contributed by atoms with Crippen molar-refractivity contribution in [2.75, 3.05) is 5.32 Å². The molecule has 2 rings (SSSR count). The Kier molecular flexibility index (Phi) is 4.32. The first kappa shape index (κ1) is 13.7. The van der Waals surface area contributed by atoms with E-state index in [-0.39, 0.29) is 5.91 Å². The van der Waals surface area contributed by atoms with E-state index < -0.39 is 0 Å². The molecule has 0 aliphatic rings. The van der Waals surface area contributed by atoms with Crippen molar-refractivity contribution >= 4 is 27.5 Å². The van der Waals surface area contributed by atoms with Crippen LogP contribution in [0.5, 0.6) is 0 Å². The number of carbonyl (C=O) groups is 1. The monoisotopic (exact) mass is 318 g/mol. The summed E-state index contributed by atoms with van der Waals surface area (Å²) in [6, 6.07) is 9.69. The Morgan fingerprint density at radius 2 is 2.00 bits per heavy atom. The zero-order valence-corrected chi connectivity index (χ0v) is 12.5. The largest absolute Gasteiger partial charge is 0.324 e. The molecule has 1 aromatic carbocycles. The Morgan fingerprint density at radius 3 is 2.63 bits per heavy atom. The Balaban J connectivity index is 2.01. The number of halogens is 1. The number of carbonyl (C=O) groups excluding carboxylic acids is 1. The summed E-state index contributed by atoms with van der Waals surface area (Å²) >= 11 is 3.26. The van der Waals surface area contributed by atoms with E-state index in [1.807, 2.05) is 18.2 Å². The van der Waals surface area contributed by atoms with E-state index in [9.17, 15) is 4.79 Å². The molecule has 19 heavy (non-hydrogen) atoms. The summed E-state index contributed by atoms with van der Waals surface area (Å²) in [5.41, 5.74) is 4.17. The van der Waals surface area contributed by atoms with Crippen LogP contribution in [0.3, 0.4) is 0 Å². The van der Waals surface area contributed by atoms with Gasteiger partial charge in [0.2, 0.25) is 5.91 Å².